The SMILES string of the molecule is CC(CCO)NC(=O)C(Cl)c1ccccc1. The van der Waals surface area contributed by atoms with Crippen LogP contribution in [0.3, 0.4) is 0 Å². The Morgan fingerprint density at radius 3 is 2.62 bits per heavy atom. The van der Waals surface area contributed by atoms with E-state index in [1.54, 1.807) is 0 Å². The van der Waals surface area contributed by atoms with E-state index >= 15 is 0 Å². The second-order valence-electron chi connectivity index (χ2n) is 3.70. The van der Waals surface area contributed by atoms with E-state index in [1.807, 2.05) is 37.3 Å². The molecule has 1 rings (SSSR count). The first-order chi connectivity index (χ1) is 7.65. The van der Waals surface area contributed by atoms with Gasteiger partial charge >= 0.3 is 0 Å². The molecule has 0 aliphatic carbocycles. The van der Waals surface area contributed by atoms with Gasteiger partial charge in [0.15, 0.2) is 0 Å². The van der Waals surface area contributed by atoms with Crippen molar-refractivity contribution in [2.45, 2.75) is 24.8 Å². The maximum absolute atomic E-state index is 11.7. The first kappa shape index (κ1) is 13.0. The van der Waals surface area contributed by atoms with E-state index in [2.05, 4.69) is 5.32 Å². The fourth-order valence-electron chi connectivity index (χ4n) is 1.36. The molecule has 0 radical (unpaired) electrons. The Balaban J connectivity index is 2.55. The molecular formula is C12H16ClNO2. The quantitative estimate of drug-likeness (QED) is 0.773. The lowest BCUT2D eigenvalue weighted by atomic mass is 10.1. The minimum Gasteiger partial charge on any atom is -0.396 e. The first-order valence-corrected chi connectivity index (χ1v) is 5.69. The van der Waals surface area contributed by atoms with E-state index in [-0.39, 0.29) is 18.6 Å². The Morgan fingerprint density at radius 1 is 1.44 bits per heavy atom. The molecule has 0 saturated heterocycles. The van der Waals surface area contributed by atoms with E-state index in [1.165, 1.54) is 0 Å². The molecule has 0 bridgehead atoms. The highest BCUT2D eigenvalue weighted by atomic mass is 35.5. The molecule has 0 aliphatic rings. The number of benzene rings is 1. The van der Waals surface area contributed by atoms with Crippen LogP contribution in [0, 0.1) is 0 Å². The zero-order chi connectivity index (χ0) is 12.0. The third kappa shape index (κ3) is 3.83. The van der Waals surface area contributed by atoms with Crippen LogP contribution in [0.25, 0.3) is 0 Å². The summed E-state index contributed by atoms with van der Waals surface area (Å²) in [7, 11) is 0. The monoisotopic (exact) mass is 241 g/mol. The number of hydrogen-bond donors (Lipinski definition) is 2. The fourth-order valence-corrected chi connectivity index (χ4v) is 1.56. The van der Waals surface area contributed by atoms with Crippen LogP contribution < -0.4 is 5.32 Å². The maximum atomic E-state index is 11.7. The second-order valence-corrected chi connectivity index (χ2v) is 4.13. The first-order valence-electron chi connectivity index (χ1n) is 5.25. The van der Waals surface area contributed by atoms with Crippen LogP contribution in [0.2, 0.25) is 0 Å². The van der Waals surface area contributed by atoms with Crippen LogP contribution in [-0.4, -0.2) is 23.7 Å². The van der Waals surface area contributed by atoms with Gasteiger partial charge < -0.3 is 10.4 Å². The summed E-state index contributed by atoms with van der Waals surface area (Å²) in [5, 5.41) is 10.8. The van der Waals surface area contributed by atoms with Gasteiger partial charge in [0, 0.05) is 12.6 Å². The molecule has 88 valence electrons. The van der Waals surface area contributed by atoms with Crippen LogP contribution in [-0.2, 0) is 4.79 Å². The summed E-state index contributed by atoms with van der Waals surface area (Å²) < 4.78 is 0. The number of aliphatic hydroxyl groups excluding tert-OH is 1. The second kappa shape index (κ2) is 6.51. The Labute approximate surface area is 100 Å². The smallest absolute Gasteiger partial charge is 0.242 e. The Bertz CT molecular complexity index is 329. The number of aliphatic hydroxyl groups is 1. The molecule has 3 nitrogen and oxygen atoms in total. The molecule has 0 spiro atoms. The van der Waals surface area contributed by atoms with Crippen molar-refractivity contribution >= 4 is 17.5 Å². The lowest BCUT2D eigenvalue weighted by Crippen LogP contribution is -2.35. The Morgan fingerprint density at radius 2 is 2.06 bits per heavy atom. The predicted molar refractivity (Wildman–Crippen MR) is 64.3 cm³/mol. The highest BCUT2D eigenvalue weighted by Crippen LogP contribution is 2.20. The molecule has 0 fully saturated rings. The highest BCUT2D eigenvalue weighted by molar-refractivity contribution is 6.30. The van der Waals surface area contributed by atoms with Gasteiger partial charge in [-0.05, 0) is 18.9 Å². The Kier molecular flexibility index (Phi) is 5.29. The van der Waals surface area contributed by atoms with Gasteiger partial charge in [-0.3, -0.25) is 4.79 Å². The number of rotatable bonds is 5. The molecule has 2 N–H and O–H groups in total. The van der Waals surface area contributed by atoms with Crippen LogP contribution in [0.1, 0.15) is 24.3 Å². The normalized spacial score (nSPS) is 14.2. The molecule has 2 unspecified atom stereocenters. The molecular weight excluding hydrogens is 226 g/mol. The zero-order valence-corrected chi connectivity index (χ0v) is 9.95. The van der Waals surface area contributed by atoms with Crippen LogP contribution in [0.5, 0.6) is 0 Å². The molecule has 1 amide bonds. The number of carbonyl (C=O) groups excluding carboxylic acids is 1. The van der Waals surface area contributed by atoms with Crippen molar-refractivity contribution in [2.75, 3.05) is 6.61 Å². The zero-order valence-electron chi connectivity index (χ0n) is 9.19. The summed E-state index contributed by atoms with van der Waals surface area (Å²) in [5.41, 5.74) is 0.776. The molecule has 0 aliphatic heterocycles. The predicted octanol–water partition coefficient (Wildman–Crippen LogP) is 1.85. The van der Waals surface area contributed by atoms with Crippen LogP contribution >= 0.6 is 11.6 Å². The molecule has 4 heteroatoms. The van der Waals surface area contributed by atoms with Crippen molar-refractivity contribution in [1.82, 2.24) is 5.32 Å². The van der Waals surface area contributed by atoms with Crippen LogP contribution in [0.15, 0.2) is 30.3 Å². The fraction of sp³-hybridized carbons (Fsp3) is 0.417. The van der Waals surface area contributed by atoms with Gasteiger partial charge in [-0.25, -0.2) is 0 Å². The van der Waals surface area contributed by atoms with E-state index in [9.17, 15) is 4.79 Å². The van der Waals surface area contributed by atoms with Crippen molar-refractivity contribution in [3.63, 3.8) is 0 Å². The topological polar surface area (TPSA) is 49.3 Å². The van der Waals surface area contributed by atoms with Gasteiger partial charge in [0.25, 0.3) is 0 Å². The summed E-state index contributed by atoms with van der Waals surface area (Å²) in [6.07, 6.45) is 0.532. The molecule has 0 heterocycles. The van der Waals surface area contributed by atoms with E-state index < -0.39 is 5.38 Å². The Hall–Kier alpha value is -1.06. The van der Waals surface area contributed by atoms with Gasteiger partial charge in [-0.15, -0.1) is 11.6 Å². The molecule has 16 heavy (non-hydrogen) atoms. The molecule has 1 aromatic rings. The summed E-state index contributed by atoms with van der Waals surface area (Å²) >= 11 is 6.03. The van der Waals surface area contributed by atoms with E-state index in [4.69, 9.17) is 16.7 Å². The average molecular weight is 242 g/mol. The third-order valence-corrected chi connectivity index (χ3v) is 2.72. The van der Waals surface area contributed by atoms with Gasteiger partial charge in [-0.2, -0.15) is 0 Å². The summed E-state index contributed by atoms with van der Waals surface area (Å²) in [4.78, 5) is 11.7. The number of alkyl halides is 1. The number of carbonyl (C=O) groups is 1. The number of halogens is 1. The summed E-state index contributed by atoms with van der Waals surface area (Å²) in [5.74, 6) is -0.228. The molecule has 0 aromatic heterocycles. The number of nitrogens with one attached hydrogen (secondary N) is 1. The van der Waals surface area contributed by atoms with Crippen molar-refractivity contribution in [3.8, 4) is 0 Å². The minimum absolute atomic E-state index is 0.0553. The van der Waals surface area contributed by atoms with E-state index in [0.717, 1.165) is 5.56 Å². The highest BCUT2D eigenvalue weighted by Gasteiger charge is 2.18. The maximum Gasteiger partial charge on any atom is 0.242 e. The van der Waals surface area contributed by atoms with Gasteiger partial charge in [-0.1, -0.05) is 30.3 Å². The number of amides is 1. The van der Waals surface area contributed by atoms with Crippen molar-refractivity contribution < 1.29 is 9.90 Å². The molecule has 0 saturated carbocycles. The van der Waals surface area contributed by atoms with Gasteiger partial charge in [0.05, 0.1) is 0 Å². The van der Waals surface area contributed by atoms with Crippen molar-refractivity contribution in [1.29, 1.82) is 0 Å². The number of hydrogen-bond acceptors (Lipinski definition) is 2. The van der Waals surface area contributed by atoms with Gasteiger partial charge in [0.1, 0.15) is 5.38 Å². The third-order valence-electron chi connectivity index (χ3n) is 2.27. The van der Waals surface area contributed by atoms with Gasteiger partial charge in [0.2, 0.25) is 5.91 Å². The largest absolute Gasteiger partial charge is 0.396 e. The summed E-state index contributed by atoms with van der Waals surface area (Å²) in [6.45, 7) is 1.89. The van der Waals surface area contributed by atoms with Crippen LogP contribution in [0.4, 0.5) is 0 Å². The molecule has 1 aromatic carbocycles. The average Bonchev–Trinajstić information content (AvgIpc) is 2.29. The summed E-state index contributed by atoms with van der Waals surface area (Å²) in [6, 6.07) is 9.12. The lowest BCUT2D eigenvalue weighted by molar-refractivity contribution is -0.121. The lowest BCUT2D eigenvalue weighted by Gasteiger charge is -2.15. The molecule has 2 atom stereocenters. The van der Waals surface area contributed by atoms with E-state index in [0.29, 0.717) is 6.42 Å². The van der Waals surface area contributed by atoms with Crippen molar-refractivity contribution in [3.05, 3.63) is 35.9 Å². The van der Waals surface area contributed by atoms with Crippen molar-refractivity contribution in [2.24, 2.45) is 0 Å². The minimum atomic E-state index is -0.678. The standard InChI is InChI=1S/C12H16ClNO2/c1-9(7-8-15)14-12(16)11(13)10-5-3-2-4-6-10/h2-6,9,11,15H,7-8H2,1H3,(H,14,16).